The molecule has 0 saturated carbocycles. The lowest BCUT2D eigenvalue weighted by Crippen LogP contribution is -2.28. The van der Waals surface area contributed by atoms with E-state index in [1.54, 1.807) is 0 Å². The number of hydrogen-bond donors (Lipinski definition) is 1. The Morgan fingerprint density at radius 2 is 1.88 bits per heavy atom. The molecule has 1 rings (SSSR count). The monoisotopic (exact) mass is 253 g/mol. The summed E-state index contributed by atoms with van der Waals surface area (Å²) in [6, 6.07) is 8.04. The van der Waals surface area contributed by atoms with Crippen LogP contribution < -0.4 is 5.73 Å². The van der Waals surface area contributed by atoms with Crippen LogP contribution in [0.3, 0.4) is 0 Å². The van der Waals surface area contributed by atoms with E-state index in [4.69, 9.17) is 5.73 Å². The second kappa shape index (κ2) is 6.92. The maximum Gasteiger partial charge on any atom is 0.0512 e. The largest absolute Gasteiger partial charge is 0.323 e. The molecule has 17 heavy (non-hydrogen) atoms. The van der Waals surface area contributed by atoms with Crippen molar-refractivity contribution in [1.29, 1.82) is 0 Å². The van der Waals surface area contributed by atoms with Gasteiger partial charge in [0.05, 0.1) is 5.25 Å². The molecule has 1 aromatic rings. The quantitative estimate of drug-likeness (QED) is 0.847. The van der Waals surface area contributed by atoms with Crippen LogP contribution in [0.15, 0.2) is 24.3 Å². The predicted molar refractivity (Wildman–Crippen MR) is 75.5 cm³/mol. The van der Waals surface area contributed by atoms with Crippen molar-refractivity contribution in [2.75, 3.05) is 5.75 Å². The lowest BCUT2D eigenvalue weighted by atomic mass is 10.0. The Morgan fingerprint density at radius 1 is 1.29 bits per heavy atom. The van der Waals surface area contributed by atoms with E-state index in [9.17, 15) is 4.21 Å². The van der Waals surface area contributed by atoms with Crippen molar-refractivity contribution in [2.24, 2.45) is 5.73 Å². The van der Waals surface area contributed by atoms with E-state index in [-0.39, 0.29) is 11.3 Å². The van der Waals surface area contributed by atoms with E-state index < -0.39 is 10.8 Å². The molecule has 0 amide bonds. The Hall–Kier alpha value is -0.670. The molecule has 0 radical (unpaired) electrons. The highest BCUT2D eigenvalue weighted by molar-refractivity contribution is 7.85. The van der Waals surface area contributed by atoms with Crippen LogP contribution in [-0.2, 0) is 10.8 Å². The number of nitrogens with two attached hydrogens (primary N) is 1. The molecule has 3 atom stereocenters. The standard InChI is InChI=1S/C14H23NOS/c1-4-5-10-17(16)12(3)14(15)13-8-6-11(2)7-9-13/h6-9,12,14H,4-5,10,15H2,1-3H3. The molecule has 0 bridgehead atoms. The minimum Gasteiger partial charge on any atom is -0.323 e. The van der Waals surface area contributed by atoms with Gasteiger partial charge in [0, 0.05) is 22.6 Å². The molecule has 3 heteroatoms. The molecule has 0 fully saturated rings. The summed E-state index contributed by atoms with van der Waals surface area (Å²) in [5.74, 6) is 0.761. The zero-order valence-electron chi connectivity index (χ0n) is 11.0. The van der Waals surface area contributed by atoms with Crippen LogP contribution in [-0.4, -0.2) is 15.2 Å². The van der Waals surface area contributed by atoms with Crippen molar-refractivity contribution < 1.29 is 4.21 Å². The summed E-state index contributed by atoms with van der Waals surface area (Å²) in [6.07, 6.45) is 2.09. The highest BCUT2D eigenvalue weighted by Gasteiger charge is 2.20. The van der Waals surface area contributed by atoms with Gasteiger partial charge in [-0.3, -0.25) is 4.21 Å². The molecule has 96 valence electrons. The highest BCUT2D eigenvalue weighted by atomic mass is 32.2. The van der Waals surface area contributed by atoms with Crippen LogP contribution in [0.2, 0.25) is 0 Å². The molecule has 3 unspecified atom stereocenters. The van der Waals surface area contributed by atoms with Crippen LogP contribution in [0.1, 0.15) is 43.9 Å². The minimum atomic E-state index is -0.826. The van der Waals surface area contributed by atoms with Crippen molar-refractivity contribution in [1.82, 2.24) is 0 Å². The van der Waals surface area contributed by atoms with E-state index in [1.807, 2.05) is 19.1 Å². The van der Waals surface area contributed by atoms with Gasteiger partial charge in [-0.25, -0.2) is 0 Å². The van der Waals surface area contributed by atoms with Crippen LogP contribution in [0, 0.1) is 6.92 Å². The molecule has 0 saturated heterocycles. The summed E-state index contributed by atoms with van der Waals surface area (Å²) in [4.78, 5) is 0. The van der Waals surface area contributed by atoms with E-state index in [0.29, 0.717) is 0 Å². The van der Waals surface area contributed by atoms with Gasteiger partial charge in [0.1, 0.15) is 0 Å². The molecule has 0 heterocycles. The Balaban J connectivity index is 2.65. The second-order valence-corrected chi connectivity index (χ2v) is 6.49. The number of rotatable bonds is 6. The molecule has 2 nitrogen and oxygen atoms in total. The summed E-state index contributed by atoms with van der Waals surface area (Å²) in [5.41, 5.74) is 8.47. The predicted octanol–water partition coefficient (Wildman–Crippen LogP) is 2.93. The van der Waals surface area contributed by atoms with E-state index >= 15 is 0 Å². The van der Waals surface area contributed by atoms with Crippen molar-refractivity contribution in [3.05, 3.63) is 35.4 Å². The number of hydrogen-bond acceptors (Lipinski definition) is 2. The van der Waals surface area contributed by atoms with Gasteiger partial charge in [-0.15, -0.1) is 0 Å². The van der Waals surface area contributed by atoms with Gasteiger partial charge in [0.25, 0.3) is 0 Å². The second-order valence-electron chi connectivity index (χ2n) is 4.58. The lowest BCUT2D eigenvalue weighted by Gasteiger charge is -2.20. The average molecular weight is 253 g/mol. The highest BCUT2D eigenvalue weighted by Crippen LogP contribution is 2.19. The van der Waals surface area contributed by atoms with Crippen LogP contribution in [0.4, 0.5) is 0 Å². The molecule has 0 aliphatic carbocycles. The fourth-order valence-corrected chi connectivity index (χ4v) is 3.12. The molecule has 0 spiro atoms. The summed E-state index contributed by atoms with van der Waals surface area (Å²) < 4.78 is 12.0. The van der Waals surface area contributed by atoms with Crippen LogP contribution >= 0.6 is 0 Å². The zero-order chi connectivity index (χ0) is 12.8. The lowest BCUT2D eigenvalue weighted by molar-refractivity contribution is 0.640. The third-order valence-corrected chi connectivity index (χ3v) is 4.90. The molecular formula is C14H23NOS. The molecule has 0 aliphatic heterocycles. The Kier molecular flexibility index (Phi) is 5.86. The maximum atomic E-state index is 12.0. The minimum absolute atomic E-state index is 0.0178. The van der Waals surface area contributed by atoms with Crippen molar-refractivity contribution in [3.63, 3.8) is 0 Å². The van der Waals surface area contributed by atoms with Crippen molar-refractivity contribution in [3.8, 4) is 0 Å². The van der Waals surface area contributed by atoms with Gasteiger partial charge < -0.3 is 5.73 Å². The van der Waals surface area contributed by atoms with Gasteiger partial charge >= 0.3 is 0 Å². The average Bonchev–Trinajstić information content (AvgIpc) is 2.35. The number of aryl methyl sites for hydroxylation is 1. The normalized spacial score (nSPS) is 16.5. The van der Waals surface area contributed by atoms with Crippen LogP contribution in [0.5, 0.6) is 0 Å². The maximum absolute atomic E-state index is 12.0. The first-order chi connectivity index (χ1) is 8.06. The van der Waals surface area contributed by atoms with Gasteiger partial charge in [-0.05, 0) is 25.8 Å². The van der Waals surface area contributed by atoms with Gasteiger partial charge in [0.2, 0.25) is 0 Å². The molecular weight excluding hydrogens is 230 g/mol. The van der Waals surface area contributed by atoms with E-state index in [0.717, 1.165) is 24.2 Å². The summed E-state index contributed by atoms with van der Waals surface area (Å²) >= 11 is 0. The Bertz CT molecular complexity index is 361. The van der Waals surface area contributed by atoms with Gasteiger partial charge in [-0.2, -0.15) is 0 Å². The summed E-state index contributed by atoms with van der Waals surface area (Å²) in [5, 5.41) is 0.0178. The topological polar surface area (TPSA) is 43.1 Å². The number of unbranched alkanes of at least 4 members (excludes halogenated alkanes) is 1. The van der Waals surface area contributed by atoms with Crippen molar-refractivity contribution in [2.45, 2.75) is 44.9 Å². The molecule has 0 aromatic heterocycles. The molecule has 0 aliphatic rings. The van der Waals surface area contributed by atoms with Gasteiger partial charge in [-0.1, -0.05) is 43.2 Å². The van der Waals surface area contributed by atoms with Crippen LogP contribution in [0.25, 0.3) is 0 Å². The Morgan fingerprint density at radius 3 is 2.41 bits per heavy atom. The molecule has 1 aromatic carbocycles. The van der Waals surface area contributed by atoms with E-state index in [1.165, 1.54) is 5.56 Å². The first-order valence-electron chi connectivity index (χ1n) is 6.25. The Labute approximate surface area is 107 Å². The fourth-order valence-electron chi connectivity index (χ4n) is 1.70. The smallest absolute Gasteiger partial charge is 0.0512 e. The van der Waals surface area contributed by atoms with Gasteiger partial charge in [0.15, 0.2) is 0 Å². The molecule has 2 N–H and O–H groups in total. The summed E-state index contributed by atoms with van der Waals surface area (Å²) in [6.45, 7) is 6.15. The third kappa shape index (κ3) is 4.25. The fraction of sp³-hybridized carbons (Fsp3) is 0.571. The van der Waals surface area contributed by atoms with E-state index in [2.05, 4.69) is 26.0 Å². The third-order valence-electron chi connectivity index (χ3n) is 3.08. The SMILES string of the molecule is CCCCS(=O)C(C)C(N)c1ccc(C)cc1. The van der Waals surface area contributed by atoms with Crippen molar-refractivity contribution >= 4 is 10.8 Å². The first-order valence-corrected chi connectivity index (χ1v) is 7.63. The number of benzene rings is 1. The summed E-state index contributed by atoms with van der Waals surface area (Å²) in [7, 11) is -0.826. The first kappa shape index (κ1) is 14.4. The zero-order valence-corrected chi connectivity index (χ0v) is 11.8.